The van der Waals surface area contributed by atoms with Gasteiger partial charge in [-0.2, -0.15) is 22.7 Å². The highest BCUT2D eigenvalue weighted by atomic mass is 32.2. The van der Waals surface area contributed by atoms with Crippen molar-refractivity contribution >= 4 is 32.7 Å². The maximum Gasteiger partial charge on any atom is 0.302 e. The van der Waals surface area contributed by atoms with Crippen LogP contribution in [0.25, 0.3) is 22.4 Å². The molecule has 0 bridgehead atoms. The van der Waals surface area contributed by atoms with E-state index in [1.807, 2.05) is 13.0 Å². The van der Waals surface area contributed by atoms with Crippen LogP contribution in [0.5, 0.6) is 0 Å². The lowest BCUT2D eigenvalue weighted by Gasteiger charge is -2.11. The summed E-state index contributed by atoms with van der Waals surface area (Å²) >= 11 is 0. The number of pyridine rings is 1. The minimum Gasteiger partial charge on any atom is -0.326 e. The van der Waals surface area contributed by atoms with Gasteiger partial charge in [0.2, 0.25) is 0 Å². The SMILES string of the molecule is Cc1nc2cnc(Nc3ccnc(-c4cnn(S(=O)(=O)c5ccn(C)n5)c4)n3)cc2n1C(C)C. The van der Waals surface area contributed by atoms with Crippen molar-refractivity contribution in [2.45, 2.75) is 31.8 Å². The molecule has 5 heterocycles. The molecular formula is C21H22N10O2S. The highest BCUT2D eigenvalue weighted by Gasteiger charge is 2.22. The van der Waals surface area contributed by atoms with E-state index in [2.05, 4.69) is 53.9 Å². The van der Waals surface area contributed by atoms with E-state index < -0.39 is 10.0 Å². The molecule has 0 atom stereocenters. The second-order valence-electron chi connectivity index (χ2n) is 8.01. The molecule has 13 heteroatoms. The Morgan fingerprint density at radius 2 is 1.88 bits per heavy atom. The molecule has 0 unspecified atom stereocenters. The van der Waals surface area contributed by atoms with Gasteiger partial charge in [0.05, 0.1) is 29.7 Å². The Labute approximate surface area is 195 Å². The highest BCUT2D eigenvalue weighted by Crippen LogP contribution is 2.24. The zero-order chi connectivity index (χ0) is 24.0. The lowest BCUT2D eigenvalue weighted by molar-refractivity contribution is 0.572. The van der Waals surface area contributed by atoms with Crippen LogP contribution in [-0.4, -0.2) is 51.9 Å². The maximum atomic E-state index is 12.7. The summed E-state index contributed by atoms with van der Waals surface area (Å²) < 4.78 is 29.9. The first kappa shape index (κ1) is 21.7. The van der Waals surface area contributed by atoms with Gasteiger partial charge in [-0.3, -0.25) is 4.68 Å². The van der Waals surface area contributed by atoms with Gasteiger partial charge in [-0.05, 0) is 32.9 Å². The maximum absolute atomic E-state index is 12.7. The largest absolute Gasteiger partial charge is 0.326 e. The summed E-state index contributed by atoms with van der Waals surface area (Å²) in [5, 5.41) is 11.0. The topological polar surface area (TPSA) is 138 Å². The van der Waals surface area contributed by atoms with Gasteiger partial charge in [0.1, 0.15) is 23.0 Å². The van der Waals surface area contributed by atoms with Gasteiger partial charge in [-0.1, -0.05) is 0 Å². The van der Waals surface area contributed by atoms with E-state index in [0.29, 0.717) is 23.0 Å². The zero-order valence-electron chi connectivity index (χ0n) is 18.9. The fraction of sp³-hybridized carbons (Fsp3) is 0.238. The van der Waals surface area contributed by atoms with Crippen molar-refractivity contribution in [2.75, 3.05) is 5.32 Å². The number of rotatable bonds is 6. The molecule has 174 valence electrons. The van der Waals surface area contributed by atoms with E-state index in [9.17, 15) is 8.42 Å². The number of nitrogens with one attached hydrogen (secondary N) is 1. The summed E-state index contributed by atoms with van der Waals surface area (Å²) in [6.45, 7) is 6.18. The van der Waals surface area contributed by atoms with Gasteiger partial charge in [0.25, 0.3) is 0 Å². The van der Waals surface area contributed by atoms with Crippen LogP contribution in [0.2, 0.25) is 0 Å². The number of hydrogen-bond acceptors (Lipinski definition) is 9. The average Bonchev–Trinajstić information content (AvgIpc) is 3.52. The van der Waals surface area contributed by atoms with Crippen LogP contribution in [-0.2, 0) is 17.1 Å². The quantitative estimate of drug-likeness (QED) is 0.390. The summed E-state index contributed by atoms with van der Waals surface area (Å²) in [4.78, 5) is 17.8. The molecule has 1 N–H and O–H groups in total. The molecule has 0 radical (unpaired) electrons. The monoisotopic (exact) mass is 478 g/mol. The molecule has 0 saturated heterocycles. The van der Waals surface area contributed by atoms with E-state index in [4.69, 9.17) is 0 Å². The van der Waals surface area contributed by atoms with Crippen molar-refractivity contribution in [3.05, 3.63) is 55.0 Å². The van der Waals surface area contributed by atoms with Crippen LogP contribution in [0.4, 0.5) is 11.6 Å². The number of imidazole rings is 1. The molecule has 0 saturated carbocycles. The van der Waals surface area contributed by atoms with Crippen molar-refractivity contribution < 1.29 is 8.42 Å². The molecule has 34 heavy (non-hydrogen) atoms. The molecule has 5 aromatic rings. The first-order chi connectivity index (χ1) is 16.2. The van der Waals surface area contributed by atoms with Crippen molar-refractivity contribution in [1.82, 2.24) is 43.5 Å². The highest BCUT2D eigenvalue weighted by molar-refractivity contribution is 7.89. The van der Waals surface area contributed by atoms with Crippen LogP contribution >= 0.6 is 0 Å². The van der Waals surface area contributed by atoms with Gasteiger partial charge in [-0.25, -0.2) is 19.9 Å². The first-order valence-corrected chi connectivity index (χ1v) is 11.9. The molecular weight excluding hydrogens is 456 g/mol. The Morgan fingerprint density at radius 1 is 1.06 bits per heavy atom. The lowest BCUT2D eigenvalue weighted by Crippen LogP contribution is -2.14. The number of nitrogens with zero attached hydrogens (tertiary/aromatic N) is 9. The molecule has 0 aromatic carbocycles. The molecule has 0 aliphatic heterocycles. The van der Waals surface area contributed by atoms with Crippen LogP contribution < -0.4 is 5.32 Å². The van der Waals surface area contributed by atoms with Gasteiger partial charge in [-0.15, -0.1) is 0 Å². The van der Waals surface area contributed by atoms with Crippen LogP contribution in [0, 0.1) is 6.92 Å². The normalized spacial score (nSPS) is 12.0. The summed E-state index contributed by atoms with van der Waals surface area (Å²) in [7, 11) is -2.27. The van der Waals surface area contributed by atoms with Gasteiger partial charge >= 0.3 is 10.0 Å². The second-order valence-corrected chi connectivity index (χ2v) is 9.75. The molecule has 0 aliphatic carbocycles. The number of aryl methyl sites for hydroxylation is 2. The summed E-state index contributed by atoms with van der Waals surface area (Å²) in [5.74, 6) is 2.35. The summed E-state index contributed by atoms with van der Waals surface area (Å²) in [5.41, 5.74) is 2.24. The second kappa shape index (κ2) is 8.02. The van der Waals surface area contributed by atoms with Gasteiger partial charge < -0.3 is 9.88 Å². The van der Waals surface area contributed by atoms with Crippen LogP contribution in [0.15, 0.2) is 54.2 Å². The standard InChI is InChI=1S/C21H22N10O2S/c1-13(2)31-14(3)25-16-11-23-19(9-17(16)31)26-18-5-7-22-21(27-18)15-10-24-30(12-15)34(32,33)20-6-8-29(4)28-20/h5-13H,1-4H3,(H,22,23,26,27). The van der Waals surface area contributed by atoms with E-state index in [-0.39, 0.29) is 11.1 Å². The smallest absolute Gasteiger partial charge is 0.302 e. The molecule has 12 nitrogen and oxygen atoms in total. The van der Waals surface area contributed by atoms with Crippen molar-refractivity contribution in [2.24, 2.45) is 7.05 Å². The first-order valence-electron chi connectivity index (χ1n) is 10.5. The Balaban J connectivity index is 1.43. The average molecular weight is 479 g/mol. The molecule has 0 amide bonds. The minimum absolute atomic E-state index is 0.0988. The van der Waals surface area contributed by atoms with Gasteiger partial charge in [0, 0.05) is 31.5 Å². The molecule has 5 rings (SSSR count). The number of aromatic nitrogens is 9. The predicted molar refractivity (Wildman–Crippen MR) is 125 cm³/mol. The Hall–Kier alpha value is -4.13. The lowest BCUT2D eigenvalue weighted by atomic mass is 10.3. The van der Waals surface area contributed by atoms with E-state index >= 15 is 0 Å². The summed E-state index contributed by atoms with van der Waals surface area (Å²) in [6.07, 6.45) is 7.61. The fourth-order valence-electron chi connectivity index (χ4n) is 3.72. The minimum atomic E-state index is -3.91. The molecule has 0 spiro atoms. The van der Waals surface area contributed by atoms with Gasteiger partial charge in [0.15, 0.2) is 10.9 Å². The zero-order valence-corrected chi connectivity index (χ0v) is 19.8. The Morgan fingerprint density at radius 3 is 2.62 bits per heavy atom. The number of hydrogen-bond donors (Lipinski definition) is 1. The van der Waals surface area contributed by atoms with Crippen molar-refractivity contribution in [3.63, 3.8) is 0 Å². The number of anilines is 2. The predicted octanol–water partition coefficient (Wildman–Crippen LogP) is 2.69. The molecule has 5 aromatic heterocycles. The number of fused-ring (bicyclic) bond motifs is 1. The third-order valence-corrected chi connectivity index (χ3v) is 6.64. The van der Waals surface area contributed by atoms with E-state index in [1.54, 1.807) is 31.7 Å². The van der Waals surface area contributed by atoms with Crippen LogP contribution in [0.3, 0.4) is 0 Å². The van der Waals surface area contributed by atoms with Crippen molar-refractivity contribution in [3.8, 4) is 11.4 Å². The third-order valence-electron chi connectivity index (χ3n) is 5.20. The van der Waals surface area contributed by atoms with Crippen LogP contribution in [0.1, 0.15) is 25.7 Å². The van der Waals surface area contributed by atoms with E-state index in [0.717, 1.165) is 20.9 Å². The third kappa shape index (κ3) is 3.79. The molecule has 0 aliphatic rings. The molecule has 0 fully saturated rings. The summed E-state index contributed by atoms with van der Waals surface area (Å²) in [6, 6.07) is 5.29. The van der Waals surface area contributed by atoms with E-state index in [1.165, 1.54) is 23.1 Å². The fourth-order valence-corrected chi connectivity index (χ4v) is 4.80. The van der Waals surface area contributed by atoms with Crippen molar-refractivity contribution in [1.29, 1.82) is 0 Å². The Kier molecular flexibility index (Phi) is 5.12. The Bertz CT molecular complexity index is 1610.